The van der Waals surface area contributed by atoms with Gasteiger partial charge < -0.3 is 4.90 Å². The maximum Gasteiger partial charge on any atom is 0.0631 e. The summed E-state index contributed by atoms with van der Waals surface area (Å²) >= 11 is 0. The number of fused-ring (bicyclic) bond motifs is 2. The van der Waals surface area contributed by atoms with Crippen molar-refractivity contribution < 1.29 is 0 Å². The van der Waals surface area contributed by atoms with E-state index in [1.807, 2.05) is 24.3 Å². The lowest BCUT2D eigenvalue weighted by Gasteiger charge is -2.34. The Kier molecular flexibility index (Phi) is 2.53. The van der Waals surface area contributed by atoms with E-state index < -0.39 is 0 Å². The summed E-state index contributed by atoms with van der Waals surface area (Å²) in [5.41, 5.74) is 4.91. The lowest BCUT2D eigenvalue weighted by molar-refractivity contribution is 0.813. The maximum atomic E-state index is 9.07. The van der Waals surface area contributed by atoms with Crippen LogP contribution in [0.5, 0.6) is 0 Å². The van der Waals surface area contributed by atoms with Crippen LogP contribution in [-0.2, 0) is 0 Å². The lowest BCUT2D eigenvalue weighted by atomic mass is 9.83. The number of para-hydroxylation sites is 2. The molecule has 2 aromatic rings. The summed E-state index contributed by atoms with van der Waals surface area (Å²) in [5.74, 6) is 0.193. The monoisotopic (exact) mass is 234 g/mol. The van der Waals surface area contributed by atoms with Gasteiger partial charge in [0.15, 0.2) is 0 Å². The first-order valence-electron chi connectivity index (χ1n) is 6.11. The number of benzene rings is 2. The Morgan fingerprint density at radius 1 is 1.00 bits per heavy atom. The van der Waals surface area contributed by atoms with Crippen LogP contribution in [0.3, 0.4) is 0 Å². The molecule has 2 aromatic carbocycles. The van der Waals surface area contributed by atoms with Crippen LogP contribution in [0.4, 0.5) is 11.4 Å². The number of rotatable bonds is 1. The van der Waals surface area contributed by atoms with Crippen molar-refractivity contribution >= 4 is 11.4 Å². The van der Waals surface area contributed by atoms with Gasteiger partial charge in [-0.15, -0.1) is 0 Å². The summed E-state index contributed by atoms with van der Waals surface area (Å²) in [7, 11) is 2.08. The number of hydrogen-bond acceptors (Lipinski definition) is 2. The Morgan fingerprint density at radius 2 is 1.50 bits per heavy atom. The summed E-state index contributed by atoms with van der Waals surface area (Å²) < 4.78 is 0. The predicted octanol–water partition coefficient (Wildman–Crippen LogP) is 3.81. The minimum atomic E-state index is 0.193. The molecule has 2 heteroatoms. The van der Waals surface area contributed by atoms with Crippen LogP contribution in [0, 0.1) is 11.3 Å². The molecular weight excluding hydrogens is 220 g/mol. The van der Waals surface area contributed by atoms with Gasteiger partial charge in [-0.2, -0.15) is 5.26 Å². The first kappa shape index (κ1) is 10.9. The highest BCUT2D eigenvalue weighted by Gasteiger charge is 2.27. The summed E-state index contributed by atoms with van der Waals surface area (Å²) in [6.45, 7) is 0. The van der Waals surface area contributed by atoms with Gasteiger partial charge in [0, 0.05) is 30.8 Å². The van der Waals surface area contributed by atoms with Gasteiger partial charge in [0.2, 0.25) is 0 Å². The van der Waals surface area contributed by atoms with E-state index in [9.17, 15) is 0 Å². The fraction of sp³-hybridized carbons (Fsp3) is 0.188. The molecule has 0 radical (unpaired) electrons. The Morgan fingerprint density at radius 3 is 2.00 bits per heavy atom. The number of nitrogens with zero attached hydrogens (tertiary/aromatic N) is 2. The van der Waals surface area contributed by atoms with Gasteiger partial charge in [-0.1, -0.05) is 36.4 Å². The Hall–Kier alpha value is -2.27. The zero-order valence-corrected chi connectivity index (χ0v) is 10.3. The summed E-state index contributed by atoms with van der Waals surface area (Å²) in [5, 5.41) is 9.07. The van der Waals surface area contributed by atoms with E-state index >= 15 is 0 Å². The quantitative estimate of drug-likeness (QED) is 0.750. The van der Waals surface area contributed by atoms with Gasteiger partial charge in [-0.25, -0.2) is 0 Å². The van der Waals surface area contributed by atoms with Gasteiger partial charge in [-0.05, 0) is 23.3 Å². The average Bonchev–Trinajstić information content (AvgIpc) is 2.43. The van der Waals surface area contributed by atoms with Crippen molar-refractivity contribution in [2.45, 2.75) is 12.3 Å². The van der Waals surface area contributed by atoms with Crippen molar-refractivity contribution in [2.24, 2.45) is 0 Å². The van der Waals surface area contributed by atoms with Crippen LogP contribution in [0.25, 0.3) is 0 Å². The molecule has 0 fully saturated rings. The lowest BCUT2D eigenvalue weighted by Crippen LogP contribution is -2.21. The second-order valence-corrected chi connectivity index (χ2v) is 4.59. The largest absolute Gasteiger partial charge is 0.344 e. The SMILES string of the molecule is CN1c2ccccc2C(CC#N)c2ccccc21. The Labute approximate surface area is 107 Å². The third-order valence-corrected chi connectivity index (χ3v) is 3.64. The van der Waals surface area contributed by atoms with Crippen molar-refractivity contribution in [1.29, 1.82) is 5.26 Å². The molecule has 0 bridgehead atoms. The molecule has 0 aromatic heterocycles. The minimum absolute atomic E-state index is 0.193. The van der Waals surface area contributed by atoms with Crippen molar-refractivity contribution in [1.82, 2.24) is 0 Å². The van der Waals surface area contributed by atoms with Crippen LogP contribution < -0.4 is 4.90 Å². The third-order valence-electron chi connectivity index (χ3n) is 3.64. The fourth-order valence-electron chi connectivity index (χ4n) is 2.78. The Balaban J connectivity index is 2.24. The summed E-state index contributed by atoms with van der Waals surface area (Å²) in [6, 6.07) is 19.0. The van der Waals surface area contributed by atoms with Crippen LogP contribution in [-0.4, -0.2) is 7.05 Å². The number of anilines is 2. The molecule has 0 unspecified atom stereocenters. The molecular formula is C16H14N2. The summed E-state index contributed by atoms with van der Waals surface area (Å²) in [4.78, 5) is 2.21. The molecule has 1 aliphatic rings. The van der Waals surface area contributed by atoms with E-state index in [4.69, 9.17) is 5.26 Å². The van der Waals surface area contributed by atoms with Crippen LogP contribution in [0.2, 0.25) is 0 Å². The third kappa shape index (κ3) is 1.48. The van der Waals surface area contributed by atoms with Crippen molar-refractivity contribution in [2.75, 3.05) is 11.9 Å². The maximum absolute atomic E-state index is 9.07. The zero-order chi connectivity index (χ0) is 12.5. The van der Waals surface area contributed by atoms with E-state index in [-0.39, 0.29) is 5.92 Å². The van der Waals surface area contributed by atoms with Gasteiger partial charge in [-0.3, -0.25) is 0 Å². The molecule has 0 N–H and O–H groups in total. The molecule has 0 saturated heterocycles. The van der Waals surface area contributed by atoms with Gasteiger partial charge in [0.05, 0.1) is 6.07 Å². The molecule has 1 aliphatic heterocycles. The summed E-state index contributed by atoms with van der Waals surface area (Å²) in [6.07, 6.45) is 0.530. The highest BCUT2D eigenvalue weighted by molar-refractivity contribution is 5.75. The predicted molar refractivity (Wildman–Crippen MR) is 73.0 cm³/mol. The fourth-order valence-corrected chi connectivity index (χ4v) is 2.78. The molecule has 0 aliphatic carbocycles. The highest BCUT2D eigenvalue weighted by atomic mass is 15.1. The molecule has 0 saturated carbocycles. The van der Waals surface area contributed by atoms with E-state index in [1.165, 1.54) is 22.5 Å². The van der Waals surface area contributed by atoms with E-state index in [0.717, 1.165) is 0 Å². The standard InChI is InChI=1S/C16H14N2/c1-18-15-8-4-2-6-13(15)12(10-11-17)14-7-3-5-9-16(14)18/h2-9,12H,10H2,1H3. The topological polar surface area (TPSA) is 27.0 Å². The molecule has 3 rings (SSSR count). The van der Waals surface area contributed by atoms with Crippen LogP contribution >= 0.6 is 0 Å². The molecule has 1 heterocycles. The molecule has 2 nitrogen and oxygen atoms in total. The molecule has 0 spiro atoms. The minimum Gasteiger partial charge on any atom is -0.344 e. The normalized spacial score (nSPS) is 13.7. The van der Waals surface area contributed by atoms with Gasteiger partial charge in [0.1, 0.15) is 0 Å². The average molecular weight is 234 g/mol. The van der Waals surface area contributed by atoms with Crippen molar-refractivity contribution in [3.05, 3.63) is 59.7 Å². The first-order chi connectivity index (χ1) is 8.83. The Bertz CT molecular complexity index is 577. The molecule has 0 amide bonds. The number of hydrogen-bond donors (Lipinski definition) is 0. The van der Waals surface area contributed by atoms with Gasteiger partial charge >= 0.3 is 0 Å². The second kappa shape index (κ2) is 4.19. The van der Waals surface area contributed by atoms with Crippen LogP contribution in [0.15, 0.2) is 48.5 Å². The first-order valence-corrected chi connectivity index (χ1v) is 6.11. The van der Waals surface area contributed by atoms with Crippen LogP contribution in [0.1, 0.15) is 23.5 Å². The molecule has 18 heavy (non-hydrogen) atoms. The van der Waals surface area contributed by atoms with Crippen molar-refractivity contribution in [3.63, 3.8) is 0 Å². The second-order valence-electron chi connectivity index (χ2n) is 4.59. The molecule has 0 atom stereocenters. The van der Waals surface area contributed by atoms with Crippen molar-refractivity contribution in [3.8, 4) is 6.07 Å². The smallest absolute Gasteiger partial charge is 0.0631 e. The highest BCUT2D eigenvalue weighted by Crippen LogP contribution is 2.45. The van der Waals surface area contributed by atoms with Gasteiger partial charge in [0.25, 0.3) is 0 Å². The van der Waals surface area contributed by atoms with E-state index in [2.05, 4.69) is 42.3 Å². The molecule has 88 valence electrons. The van der Waals surface area contributed by atoms with E-state index in [0.29, 0.717) is 6.42 Å². The van der Waals surface area contributed by atoms with E-state index in [1.54, 1.807) is 0 Å². The number of nitriles is 1. The zero-order valence-electron chi connectivity index (χ0n) is 10.3.